The fourth-order valence-electron chi connectivity index (χ4n) is 2.25. The molecule has 102 valence electrons. The molecule has 0 unspecified atom stereocenters. The second-order valence-electron chi connectivity index (χ2n) is 6.13. The maximum absolute atomic E-state index is 5.50. The third kappa shape index (κ3) is 3.48. The molecule has 2 aromatic rings. The second kappa shape index (κ2) is 5.62. The van der Waals surface area contributed by atoms with Gasteiger partial charge in [-0.2, -0.15) is 0 Å². The highest BCUT2D eigenvalue weighted by atomic mass is 16.5. The molecule has 0 amide bonds. The molecule has 0 radical (unpaired) electrons. The summed E-state index contributed by atoms with van der Waals surface area (Å²) in [5.74, 6) is 0.958. The Morgan fingerprint density at radius 3 is 2.47 bits per heavy atom. The molecule has 2 aromatic carbocycles. The molecule has 2 rings (SSSR count). The van der Waals surface area contributed by atoms with E-state index < -0.39 is 0 Å². The summed E-state index contributed by atoms with van der Waals surface area (Å²) >= 11 is 0. The number of benzene rings is 2. The van der Waals surface area contributed by atoms with E-state index in [-0.39, 0.29) is 5.41 Å². The van der Waals surface area contributed by atoms with Crippen LogP contribution in [0.5, 0.6) is 5.75 Å². The van der Waals surface area contributed by atoms with E-state index in [4.69, 9.17) is 4.74 Å². The molecule has 0 aliphatic heterocycles. The lowest BCUT2D eigenvalue weighted by Crippen LogP contribution is -2.26. The molecule has 0 saturated heterocycles. The van der Waals surface area contributed by atoms with E-state index in [0.717, 1.165) is 18.8 Å². The smallest absolute Gasteiger partial charge is 0.123 e. The lowest BCUT2D eigenvalue weighted by Gasteiger charge is -2.20. The Balaban J connectivity index is 2.29. The molecule has 0 fully saturated rings. The van der Waals surface area contributed by atoms with Crippen LogP contribution in [0.15, 0.2) is 36.4 Å². The molecule has 0 saturated carbocycles. The van der Waals surface area contributed by atoms with E-state index in [9.17, 15) is 0 Å². The lowest BCUT2D eigenvalue weighted by molar-refractivity contribution is 0.373. The molecule has 0 heterocycles. The number of methoxy groups -OCH3 is 1. The summed E-state index contributed by atoms with van der Waals surface area (Å²) in [5, 5.41) is 6.06. The maximum atomic E-state index is 5.50. The minimum Gasteiger partial charge on any atom is -0.496 e. The van der Waals surface area contributed by atoms with Gasteiger partial charge >= 0.3 is 0 Å². The van der Waals surface area contributed by atoms with Crippen LogP contribution < -0.4 is 10.1 Å². The van der Waals surface area contributed by atoms with Gasteiger partial charge < -0.3 is 10.1 Å². The zero-order valence-corrected chi connectivity index (χ0v) is 12.3. The summed E-state index contributed by atoms with van der Waals surface area (Å²) in [6.45, 7) is 8.53. The standard InChI is InChI=1S/C17H23NO/c1-17(2,3)12-18-11-15-14-8-6-5-7-13(14)9-10-16(15)19-4/h5-10,18H,11-12H2,1-4H3. The van der Waals surface area contributed by atoms with Crippen molar-refractivity contribution in [2.24, 2.45) is 5.41 Å². The fourth-order valence-corrected chi connectivity index (χ4v) is 2.25. The first-order chi connectivity index (χ1) is 9.01. The zero-order chi connectivity index (χ0) is 13.9. The van der Waals surface area contributed by atoms with Crippen LogP contribution in [0, 0.1) is 5.41 Å². The molecule has 0 aliphatic rings. The van der Waals surface area contributed by atoms with Gasteiger partial charge in [-0.1, -0.05) is 51.1 Å². The Morgan fingerprint density at radius 1 is 1.05 bits per heavy atom. The van der Waals surface area contributed by atoms with Crippen molar-refractivity contribution in [3.63, 3.8) is 0 Å². The van der Waals surface area contributed by atoms with Gasteiger partial charge in [0, 0.05) is 18.7 Å². The van der Waals surface area contributed by atoms with Gasteiger partial charge in [0.2, 0.25) is 0 Å². The largest absolute Gasteiger partial charge is 0.496 e. The normalized spacial score (nSPS) is 11.8. The first kappa shape index (κ1) is 13.9. The van der Waals surface area contributed by atoms with Crippen LogP contribution in [0.3, 0.4) is 0 Å². The maximum Gasteiger partial charge on any atom is 0.123 e. The average Bonchev–Trinajstić information content (AvgIpc) is 2.37. The van der Waals surface area contributed by atoms with Crippen molar-refractivity contribution in [2.45, 2.75) is 27.3 Å². The predicted molar refractivity (Wildman–Crippen MR) is 81.7 cm³/mol. The Kier molecular flexibility index (Phi) is 4.11. The molecule has 0 spiro atoms. The van der Waals surface area contributed by atoms with E-state index in [0.29, 0.717) is 0 Å². The van der Waals surface area contributed by atoms with Crippen molar-refractivity contribution >= 4 is 10.8 Å². The van der Waals surface area contributed by atoms with Crippen molar-refractivity contribution < 1.29 is 4.74 Å². The van der Waals surface area contributed by atoms with Crippen LogP contribution in [0.2, 0.25) is 0 Å². The summed E-state index contributed by atoms with van der Waals surface area (Å²) in [5.41, 5.74) is 1.53. The molecule has 0 atom stereocenters. The minimum absolute atomic E-state index is 0.290. The number of ether oxygens (including phenoxy) is 1. The molecule has 19 heavy (non-hydrogen) atoms. The van der Waals surface area contributed by atoms with Gasteiger partial charge in [-0.15, -0.1) is 0 Å². The average molecular weight is 257 g/mol. The summed E-state index contributed by atoms with van der Waals surface area (Å²) in [7, 11) is 1.73. The van der Waals surface area contributed by atoms with Gasteiger partial charge in [0.15, 0.2) is 0 Å². The van der Waals surface area contributed by atoms with Crippen LogP contribution in [-0.4, -0.2) is 13.7 Å². The first-order valence-electron chi connectivity index (χ1n) is 6.76. The third-order valence-corrected chi connectivity index (χ3v) is 3.17. The van der Waals surface area contributed by atoms with E-state index in [1.165, 1.54) is 16.3 Å². The van der Waals surface area contributed by atoms with E-state index in [2.05, 4.69) is 62.5 Å². The molecule has 2 nitrogen and oxygen atoms in total. The van der Waals surface area contributed by atoms with Crippen LogP contribution in [-0.2, 0) is 6.54 Å². The second-order valence-corrected chi connectivity index (χ2v) is 6.13. The summed E-state index contributed by atoms with van der Waals surface area (Å²) in [4.78, 5) is 0. The SMILES string of the molecule is COc1ccc2ccccc2c1CNCC(C)(C)C. The topological polar surface area (TPSA) is 21.3 Å². The minimum atomic E-state index is 0.290. The Hall–Kier alpha value is -1.54. The van der Waals surface area contributed by atoms with Crippen molar-refractivity contribution in [3.05, 3.63) is 42.0 Å². The fraction of sp³-hybridized carbons (Fsp3) is 0.412. The van der Waals surface area contributed by atoms with Crippen LogP contribution in [0.1, 0.15) is 26.3 Å². The molecular weight excluding hydrogens is 234 g/mol. The molecule has 0 aliphatic carbocycles. The molecular formula is C17H23NO. The van der Waals surface area contributed by atoms with Crippen molar-refractivity contribution in [1.82, 2.24) is 5.32 Å². The van der Waals surface area contributed by atoms with Gasteiger partial charge in [0.05, 0.1) is 7.11 Å². The molecule has 0 bridgehead atoms. The number of nitrogens with one attached hydrogen (secondary N) is 1. The lowest BCUT2D eigenvalue weighted by atomic mass is 9.96. The number of rotatable bonds is 4. The monoisotopic (exact) mass is 257 g/mol. The molecule has 2 heteroatoms. The number of hydrogen-bond donors (Lipinski definition) is 1. The highest BCUT2D eigenvalue weighted by Crippen LogP contribution is 2.28. The zero-order valence-electron chi connectivity index (χ0n) is 12.3. The Labute approximate surface area is 115 Å². The molecule has 1 N–H and O–H groups in total. The predicted octanol–water partition coefficient (Wildman–Crippen LogP) is 3.98. The van der Waals surface area contributed by atoms with E-state index >= 15 is 0 Å². The summed E-state index contributed by atoms with van der Waals surface area (Å²) in [6, 6.07) is 12.6. The van der Waals surface area contributed by atoms with E-state index in [1.54, 1.807) is 7.11 Å². The van der Waals surface area contributed by atoms with Crippen molar-refractivity contribution in [2.75, 3.05) is 13.7 Å². The number of hydrogen-bond acceptors (Lipinski definition) is 2. The van der Waals surface area contributed by atoms with Crippen LogP contribution >= 0.6 is 0 Å². The Bertz CT molecular complexity index is 555. The van der Waals surface area contributed by atoms with Gasteiger partial charge in [0.1, 0.15) is 5.75 Å². The highest BCUT2D eigenvalue weighted by molar-refractivity contribution is 5.87. The van der Waals surface area contributed by atoms with Crippen molar-refractivity contribution in [1.29, 1.82) is 0 Å². The van der Waals surface area contributed by atoms with Gasteiger partial charge in [-0.3, -0.25) is 0 Å². The van der Waals surface area contributed by atoms with Gasteiger partial charge in [0.25, 0.3) is 0 Å². The molecule has 0 aromatic heterocycles. The van der Waals surface area contributed by atoms with Gasteiger partial charge in [-0.25, -0.2) is 0 Å². The van der Waals surface area contributed by atoms with Crippen LogP contribution in [0.25, 0.3) is 10.8 Å². The van der Waals surface area contributed by atoms with E-state index in [1.807, 2.05) is 0 Å². The Morgan fingerprint density at radius 2 is 1.79 bits per heavy atom. The van der Waals surface area contributed by atoms with Gasteiger partial charge in [-0.05, 0) is 22.3 Å². The quantitative estimate of drug-likeness (QED) is 0.894. The highest BCUT2D eigenvalue weighted by Gasteiger charge is 2.11. The first-order valence-corrected chi connectivity index (χ1v) is 6.76. The van der Waals surface area contributed by atoms with Crippen LogP contribution in [0.4, 0.5) is 0 Å². The van der Waals surface area contributed by atoms with Crippen molar-refractivity contribution in [3.8, 4) is 5.75 Å². The third-order valence-electron chi connectivity index (χ3n) is 3.17. The number of fused-ring (bicyclic) bond motifs is 1. The summed E-state index contributed by atoms with van der Waals surface area (Å²) in [6.07, 6.45) is 0. The summed E-state index contributed by atoms with van der Waals surface area (Å²) < 4.78 is 5.50.